The summed E-state index contributed by atoms with van der Waals surface area (Å²) >= 11 is 3.63. The summed E-state index contributed by atoms with van der Waals surface area (Å²) in [6.45, 7) is 1.04. The van der Waals surface area contributed by atoms with Gasteiger partial charge < -0.3 is 0 Å². The number of rotatable bonds is 3. The van der Waals surface area contributed by atoms with Crippen LogP contribution in [0.3, 0.4) is 0 Å². The molecule has 19 heavy (non-hydrogen) atoms. The van der Waals surface area contributed by atoms with Gasteiger partial charge in [0.1, 0.15) is 5.69 Å². The van der Waals surface area contributed by atoms with E-state index >= 15 is 0 Å². The van der Waals surface area contributed by atoms with E-state index in [2.05, 4.69) is 57.5 Å². The molecule has 1 fully saturated rings. The first kappa shape index (κ1) is 12.9. The molecule has 1 heterocycles. The fourth-order valence-corrected chi connectivity index (χ4v) is 3.27. The first-order chi connectivity index (χ1) is 9.33. The number of nitrogens with zero attached hydrogens (tertiary/aromatic N) is 2. The Kier molecular flexibility index (Phi) is 4.02. The van der Waals surface area contributed by atoms with Gasteiger partial charge in [0.05, 0.1) is 4.47 Å². The minimum Gasteiger partial charge on any atom is -0.271 e. The van der Waals surface area contributed by atoms with E-state index in [-0.39, 0.29) is 0 Å². The lowest BCUT2D eigenvalue weighted by molar-refractivity contribution is 0.340. The van der Waals surface area contributed by atoms with E-state index in [1.807, 2.05) is 6.07 Å². The first-order valence-corrected chi connectivity index (χ1v) is 7.72. The lowest BCUT2D eigenvalue weighted by Gasteiger charge is -2.20. The van der Waals surface area contributed by atoms with E-state index in [0.29, 0.717) is 0 Å². The van der Waals surface area contributed by atoms with Gasteiger partial charge in [-0.25, -0.2) is 0 Å². The molecule has 0 N–H and O–H groups in total. The molecular weight excluding hydrogens is 300 g/mol. The molecular formula is C16H18BrN2. The fraction of sp³-hybridized carbons (Fsp3) is 0.375. The maximum Gasteiger partial charge on any atom is 0.106 e. The average molecular weight is 318 g/mol. The maximum atomic E-state index is 4.73. The Morgan fingerprint density at radius 2 is 1.89 bits per heavy atom. The Morgan fingerprint density at radius 3 is 2.63 bits per heavy atom. The number of benzene rings is 1. The van der Waals surface area contributed by atoms with Gasteiger partial charge in [-0.3, -0.25) is 4.68 Å². The van der Waals surface area contributed by atoms with Crippen LogP contribution in [0.25, 0.3) is 11.3 Å². The van der Waals surface area contributed by atoms with Crippen LogP contribution in [-0.4, -0.2) is 9.78 Å². The Bertz CT molecular complexity index is 527. The normalized spacial score (nSPS) is 16.7. The Labute approximate surface area is 123 Å². The van der Waals surface area contributed by atoms with Crippen LogP contribution < -0.4 is 0 Å². The molecule has 1 aromatic carbocycles. The van der Waals surface area contributed by atoms with Crippen LogP contribution in [-0.2, 0) is 6.54 Å². The summed E-state index contributed by atoms with van der Waals surface area (Å²) in [5, 5.41) is 4.73. The average Bonchev–Trinajstić information content (AvgIpc) is 2.82. The van der Waals surface area contributed by atoms with Crippen LogP contribution in [0.1, 0.15) is 25.7 Å². The quantitative estimate of drug-likeness (QED) is 0.801. The minimum atomic E-state index is 0.778. The van der Waals surface area contributed by atoms with Crippen molar-refractivity contribution in [3.63, 3.8) is 0 Å². The SMILES string of the molecule is Brc1cn(CC2CC[CH]CC2)nc1-c1ccccc1. The van der Waals surface area contributed by atoms with Crippen molar-refractivity contribution in [1.82, 2.24) is 9.78 Å². The molecule has 1 radical (unpaired) electrons. The van der Waals surface area contributed by atoms with E-state index in [0.717, 1.165) is 22.6 Å². The second kappa shape index (κ2) is 5.91. The van der Waals surface area contributed by atoms with Crippen molar-refractivity contribution < 1.29 is 0 Å². The molecule has 0 unspecified atom stereocenters. The predicted molar refractivity (Wildman–Crippen MR) is 81.6 cm³/mol. The number of aromatic nitrogens is 2. The second-order valence-corrected chi connectivity index (χ2v) is 6.08. The molecule has 2 nitrogen and oxygen atoms in total. The van der Waals surface area contributed by atoms with Gasteiger partial charge in [-0.05, 0) is 54.0 Å². The highest BCUT2D eigenvalue weighted by Crippen LogP contribution is 2.28. The predicted octanol–water partition coefficient (Wildman–Crippen LogP) is 4.71. The van der Waals surface area contributed by atoms with Gasteiger partial charge in [0.25, 0.3) is 0 Å². The third-order valence-corrected chi connectivity index (χ3v) is 4.35. The third-order valence-electron chi connectivity index (χ3n) is 3.77. The first-order valence-electron chi connectivity index (χ1n) is 6.93. The minimum absolute atomic E-state index is 0.778. The molecule has 0 atom stereocenters. The number of hydrogen-bond acceptors (Lipinski definition) is 1. The van der Waals surface area contributed by atoms with E-state index in [1.54, 1.807) is 0 Å². The maximum absolute atomic E-state index is 4.73. The van der Waals surface area contributed by atoms with Crippen LogP contribution in [0.5, 0.6) is 0 Å². The third kappa shape index (κ3) is 3.08. The summed E-state index contributed by atoms with van der Waals surface area (Å²) in [4.78, 5) is 0. The lowest BCUT2D eigenvalue weighted by Crippen LogP contribution is -2.14. The molecule has 2 aromatic rings. The topological polar surface area (TPSA) is 17.8 Å². The summed E-state index contributed by atoms with van der Waals surface area (Å²) in [7, 11) is 0. The zero-order chi connectivity index (χ0) is 13.1. The molecule has 99 valence electrons. The summed E-state index contributed by atoms with van der Waals surface area (Å²) in [5.41, 5.74) is 2.22. The van der Waals surface area contributed by atoms with Crippen molar-refractivity contribution >= 4 is 15.9 Å². The van der Waals surface area contributed by atoms with E-state index < -0.39 is 0 Å². The van der Waals surface area contributed by atoms with Gasteiger partial charge in [0, 0.05) is 18.3 Å². The molecule has 1 saturated carbocycles. The highest BCUT2D eigenvalue weighted by molar-refractivity contribution is 9.10. The Balaban J connectivity index is 1.77. The van der Waals surface area contributed by atoms with Gasteiger partial charge >= 0.3 is 0 Å². The molecule has 0 amide bonds. The summed E-state index contributed by atoms with van der Waals surface area (Å²) < 4.78 is 3.18. The highest BCUT2D eigenvalue weighted by atomic mass is 79.9. The molecule has 0 bridgehead atoms. The largest absolute Gasteiger partial charge is 0.271 e. The molecule has 3 rings (SSSR count). The van der Waals surface area contributed by atoms with Crippen LogP contribution >= 0.6 is 15.9 Å². The van der Waals surface area contributed by atoms with Crippen LogP contribution in [0.2, 0.25) is 0 Å². The van der Waals surface area contributed by atoms with Crippen molar-refractivity contribution in [2.75, 3.05) is 0 Å². The zero-order valence-corrected chi connectivity index (χ0v) is 12.5. The molecule has 3 heteroatoms. The summed E-state index contributed by atoms with van der Waals surface area (Å²) in [5.74, 6) is 0.778. The molecule has 1 aromatic heterocycles. The van der Waals surface area contributed by atoms with Crippen LogP contribution in [0.15, 0.2) is 41.0 Å². The van der Waals surface area contributed by atoms with E-state index in [9.17, 15) is 0 Å². The molecule has 1 aliphatic rings. The van der Waals surface area contributed by atoms with Crippen molar-refractivity contribution in [3.05, 3.63) is 47.4 Å². The van der Waals surface area contributed by atoms with Crippen molar-refractivity contribution in [2.45, 2.75) is 32.2 Å². The summed E-state index contributed by atoms with van der Waals surface area (Å²) in [6.07, 6.45) is 9.65. The lowest BCUT2D eigenvalue weighted by atomic mass is 9.89. The second-order valence-electron chi connectivity index (χ2n) is 5.22. The van der Waals surface area contributed by atoms with Crippen molar-refractivity contribution in [2.24, 2.45) is 5.92 Å². The molecule has 0 saturated heterocycles. The standard InChI is InChI=1S/C16H18BrN2/c17-15-12-19(11-13-7-3-1-4-8-13)18-16(15)14-9-5-2-6-10-14/h1-2,5-6,9-10,12-13H,3-4,7-8,11H2. The monoisotopic (exact) mass is 317 g/mol. The Morgan fingerprint density at radius 1 is 1.16 bits per heavy atom. The van der Waals surface area contributed by atoms with Gasteiger partial charge in [-0.2, -0.15) is 5.10 Å². The van der Waals surface area contributed by atoms with Crippen molar-refractivity contribution in [1.29, 1.82) is 0 Å². The van der Waals surface area contributed by atoms with Gasteiger partial charge in [0.2, 0.25) is 0 Å². The zero-order valence-electron chi connectivity index (χ0n) is 10.9. The Hall–Kier alpha value is -1.09. The number of halogens is 1. The van der Waals surface area contributed by atoms with E-state index in [4.69, 9.17) is 5.10 Å². The molecule has 1 aliphatic carbocycles. The fourth-order valence-electron chi connectivity index (χ4n) is 2.73. The van der Waals surface area contributed by atoms with Gasteiger partial charge in [-0.1, -0.05) is 30.3 Å². The van der Waals surface area contributed by atoms with Gasteiger partial charge in [0.15, 0.2) is 0 Å². The highest BCUT2D eigenvalue weighted by Gasteiger charge is 2.16. The van der Waals surface area contributed by atoms with E-state index in [1.165, 1.54) is 31.2 Å². The molecule has 0 spiro atoms. The smallest absolute Gasteiger partial charge is 0.106 e. The summed E-state index contributed by atoms with van der Waals surface area (Å²) in [6, 6.07) is 10.3. The van der Waals surface area contributed by atoms with Crippen LogP contribution in [0.4, 0.5) is 0 Å². The van der Waals surface area contributed by atoms with Crippen LogP contribution in [0, 0.1) is 12.3 Å². The van der Waals surface area contributed by atoms with Crippen molar-refractivity contribution in [3.8, 4) is 11.3 Å². The van der Waals surface area contributed by atoms with Gasteiger partial charge in [-0.15, -0.1) is 0 Å². The molecule has 0 aliphatic heterocycles. The number of hydrogen-bond donors (Lipinski definition) is 0.